The van der Waals surface area contributed by atoms with Crippen molar-refractivity contribution in [3.05, 3.63) is 48.0 Å². The molecule has 1 aromatic carbocycles. The average molecular weight is 309 g/mol. The number of hydrogen-bond acceptors (Lipinski definition) is 2. The van der Waals surface area contributed by atoms with E-state index in [1.165, 1.54) is 18.4 Å². The molecule has 120 valence electrons. The molecule has 2 aliphatic rings. The van der Waals surface area contributed by atoms with Gasteiger partial charge >= 0.3 is 0 Å². The zero-order chi connectivity index (χ0) is 16.0. The third-order valence-electron chi connectivity index (χ3n) is 5.21. The maximum atomic E-state index is 12.8. The predicted octanol–water partition coefficient (Wildman–Crippen LogP) is 3.48. The van der Waals surface area contributed by atoms with Crippen molar-refractivity contribution in [1.29, 1.82) is 0 Å². The number of carbonyl (C=O) groups excluding carboxylic acids is 1. The molecule has 0 unspecified atom stereocenters. The quantitative estimate of drug-likeness (QED) is 0.867. The molecule has 0 saturated heterocycles. The first kappa shape index (κ1) is 14.5. The lowest BCUT2D eigenvalue weighted by molar-refractivity contribution is -0.118. The molecule has 1 spiro atoms. The van der Waals surface area contributed by atoms with Gasteiger partial charge in [0.15, 0.2) is 0 Å². The molecule has 1 saturated carbocycles. The van der Waals surface area contributed by atoms with Crippen molar-refractivity contribution >= 4 is 11.6 Å². The van der Waals surface area contributed by atoms with Crippen LogP contribution in [0.5, 0.6) is 0 Å². The number of aromatic nitrogens is 2. The molecule has 0 bridgehead atoms. The summed E-state index contributed by atoms with van der Waals surface area (Å²) in [5.74, 6) is 1.66. The number of hydrogen-bond donors (Lipinski definition) is 0. The van der Waals surface area contributed by atoms with Crippen LogP contribution in [-0.4, -0.2) is 22.0 Å². The van der Waals surface area contributed by atoms with E-state index >= 15 is 0 Å². The van der Waals surface area contributed by atoms with Crippen LogP contribution >= 0.6 is 0 Å². The van der Waals surface area contributed by atoms with Gasteiger partial charge in [-0.15, -0.1) is 0 Å². The summed E-state index contributed by atoms with van der Waals surface area (Å²) < 4.78 is 2.11. The van der Waals surface area contributed by atoms with E-state index in [0.29, 0.717) is 18.9 Å². The Morgan fingerprint density at radius 2 is 2.09 bits per heavy atom. The molecule has 0 atom stereocenters. The minimum absolute atomic E-state index is 0.227. The molecular weight excluding hydrogens is 286 g/mol. The van der Waals surface area contributed by atoms with Crippen molar-refractivity contribution in [3.63, 3.8) is 0 Å². The molecule has 0 radical (unpaired) electrons. The summed E-state index contributed by atoms with van der Waals surface area (Å²) in [6.45, 7) is 5.84. The summed E-state index contributed by atoms with van der Waals surface area (Å²) in [4.78, 5) is 19.2. The van der Waals surface area contributed by atoms with E-state index in [1.54, 1.807) is 0 Å². The van der Waals surface area contributed by atoms with Gasteiger partial charge < -0.3 is 9.47 Å². The van der Waals surface area contributed by atoms with Gasteiger partial charge in [-0.25, -0.2) is 4.98 Å². The Bertz CT molecular complexity index is 743. The van der Waals surface area contributed by atoms with Crippen molar-refractivity contribution < 1.29 is 4.79 Å². The normalized spacial score (nSPS) is 17.8. The molecule has 1 fully saturated rings. The second kappa shape index (κ2) is 5.22. The third-order valence-corrected chi connectivity index (χ3v) is 5.21. The molecule has 4 heteroatoms. The van der Waals surface area contributed by atoms with Crippen LogP contribution in [0.2, 0.25) is 0 Å². The number of rotatable bonds is 4. The standard InChI is InChI=1S/C19H23N3O/c1-14(2)18-20-10-12-21(18)11-7-17(23)22-13-19(8-9-19)15-5-3-4-6-16(15)22/h3-6,10,12,14H,7-9,11,13H2,1-2H3. The minimum atomic E-state index is 0.227. The van der Waals surface area contributed by atoms with Crippen molar-refractivity contribution in [2.24, 2.45) is 0 Å². The summed E-state index contributed by atoms with van der Waals surface area (Å²) in [7, 11) is 0. The third kappa shape index (κ3) is 2.37. The van der Waals surface area contributed by atoms with Gasteiger partial charge in [-0.05, 0) is 24.5 Å². The fraction of sp³-hybridized carbons (Fsp3) is 0.474. The number of carbonyl (C=O) groups is 1. The Balaban J connectivity index is 1.49. The Morgan fingerprint density at radius 3 is 2.83 bits per heavy atom. The molecule has 0 N–H and O–H groups in total. The maximum Gasteiger partial charge on any atom is 0.228 e. The lowest BCUT2D eigenvalue weighted by Crippen LogP contribution is -2.32. The average Bonchev–Trinajstić information content (AvgIpc) is 3.04. The van der Waals surface area contributed by atoms with Crippen LogP contribution in [-0.2, 0) is 16.8 Å². The van der Waals surface area contributed by atoms with Gasteiger partial charge in [0.25, 0.3) is 0 Å². The molecular formula is C19H23N3O. The van der Waals surface area contributed by atoms with E-state index < -0.39 is 0 Å². The number of benzene rings is 1. The van der Waals surface area contributed by atoms with E-state index in [-0.39, 0.29) is 11.3 Å². The summed E-state index contributed by atoms with van der Waals surface area (Å²) in [6, 6.07) is 8.42. The fourth-order valence-electron chi connectivity index (χ4n) is 3.79. The first-order chi connectivity index (χ1) is 11.1. The molecule has 4 rings (SSSR count). The molecule has 4 nitrogen and oxygen atoms in total. The summed E-state index contributed by atoms with van der Waals surface area (Å²) in [5.41, 5.74) is 2.77. The largest absolute Gasteiger partial charge is 0.334 e. The molecule has 23 heavy (non-hydrogen) atoms. The number of aryl methyl sites for hydroxylation is 1. The van der Waals surface area contributed by atoms with Gasteiger partial charge in [-0.1, -0.05) is 32.0 Å². The maximum absolute atomic E-state index is 12.8. The predicted molar refractivity (Wildman–Crippen MR) is 90.6 cm³/mol. The van der Waals surface area contributed by atoms with Gasteiger partial charge in [0.1, 0.15) is 5.82 Å². The van der Waals surface area contributed by atoms with E-state index in [2.05, 4.69) is 41.6 Å². The monoisotopic (exact) mass is 309 g/mol. The van der Waals surface area contributed by atoms with Crippen LogP contribution in [0.15, 0.2) is 36.7 Å². The highest BCUT2D eigenvalue weighted by molar-refractivity contribution is 5.96. The Hall–Kier alpha value is -2.10. The number of fused-ring (bicyclic) bond motifs is 2. The number of anilines is 1. The lowest BCUT2D eigenvalue weighted by Gasteiger charge is -2.18. The number of imidazole rings is 1. The summed E-state index contributed by atoms with van der Waals surface area (Å²) in [5, 5.41) is 0. The van der Waals surface area contributed by atoms with E-state index in [1.807, 2.05) is 23.4 Å². The van der Waals surface area contributed by atoms with Crippen LogP contribution in [0, 0.1) is 0 Å². The topological polar surface area (TPSA) is 38.1 Å². The van der Waals surface area contributed by atoms with Gasteiger partial charge in [0.05, 0.1) is 0 Å². The fourth-order valence-corrected chi connectivity index (χ4v) is 3.79. The van der Waals surface area contributed by atoms with E-state index in [4.69, 9.17) is 0 Å². The smallest absolute Gasteiger partial charge is 0.228 e. The summed E-state index contributed by atoms with van der Waals surface area (Å²) in [6.07, 6.45) is 6.76. The molecule has 1 aliphatic heterocycles. The zero-order valence-corrected chi connectivity index (χ0v) is 13.8. The van der Waals surface area contributed by atoms with Gasteiger partial charge in [0, 0.05) is 48.9 Å². The van der Waals surface area contributed by atoms with Crippen LogP contribution in [0.1, 0.15) is 50.4 Å². The second-order valence-corrected chi connectivity index (χ2v) is 7.16. The van der Waals surface area contributed by atoms with Crippen molar-refractivity contribution in [3.8, 4) is 0 Å². The molecule has 1 amide bonds. The van der Waals surface area contributed by atoms with Crippen LogP contribution in [0.25, 0.3) is 0 Å². The SMILES string of the molecule is CC(C)c1nccn1CCC(=O)N1CC2(CC2)c2ccccc21. The van der Waals surface area contributed by atoms with Crippen LogP contribution in [0.4, 0.5) is 5.69 Å². The summed E-state index contributed by atoms with van der Waals surface area (Å²) >= 11 is 0. The van der Waals surface area contributed by atoms with Gasteiger partial charge in [-0.2, -0.15) is 0 Å². The first-order valence-electron chi connectivity index (χ1n) is 8.52. The van der Waals surface area contributed by atoms with Gasteiger partial charge in [-0.3, -0.25) is 4.79 Å². The van der Waals surface area contributed by atoms with Crippen LogP contribution in [0.3, 0.4) is 0 Å². The molecule has 2 heterocycles. The number of nitrogens with zero attached hydrogens (tertiary/aromatic N) is 3. The second-order valence-electron chi connectivity index (χ2n) is 7.16. The zero-order valence-electron chi connectivity index (χ0n) is 13.8. The molecule has 2 aromatic rings. The van der Waals surface area contributed by atoms with E-state index in [0.717, 1.165) is 18.1 Å². The van der Waals surface area contributed by atoms with Crippen molar-refractivity contribution in [2.75, 3.05) is 11.4 Å². The number of amides is 1. The van der Waals surface area contributed by atoms with Crippen LogP contribution < -0.4 is 4.90 Å². The van der Waals surface area contributed by atoms with E-state index in [9.17, 15) is 4.79 Å². The Kier molecular flexibility index (Phi) is 3.29. The highest BCUT2D eigenvalue weighted by atomic mass is 16.2. The highest BCUT2D eigenvalue weighted by Gasteiger charge is 2.52. The highest BCUT2D eigenvalue weighted by Crippen LogP contribution is 2.56. The lowest BCUT2D eigenvalue weighted by atomic mass is 9.99. The minimum Gasteiger partial charge on any atom is -0.334 e. The van der Waals surface area contributed by atoms with Gasteiger partial charge in [0.2, 0.25) is 5.91 Å². The molecule has 1 aromatic heterocycles. The Labute approximate surface area is 137 Å². The number of para-hydroxylation sites is 1. The van der Waals surface area contributed by atoms with Crippen molar-refractivity contribution in [1.82, 2.24) is 9.55 Å². The van der Waals surface area contributed by atoms with Crippen molar-refractivity contribution in [2.45, 2.75) is 51.0 Å². The first-order valence-corrected chi connectivity index (χ1v) is 8.52. The Morgan fingerprint density at radius 1 is 1.30 bits per heavy atom. The molecule has 1 aliphatic carbocycles.